The maximum Gasteiger partial charge on any atom is 0.318 e. The molecule has 1 aliphatic rings. The van der Waals surface area contributed by atoms with Crippen molar-refractivity contribution in [2.75, 3.05) is 25.4 Å². The first-order valence-corrected chi connectivity index (χ1v) is 19.3. The van der Waals surface area contributed by atoms with Gasteiger partial charge in [-0.3, -0.25) is 9.36 Å². The highest BCUT2D eigenvalue weighted by atomic mass is 35.5. The van der Waals surface area contributed by atoms with Gasteiger partial charge in [0.1, 0.15) is 18.3 Å². The lowest BCUT2D eigenvalue weighted by Crippen LogP contribution is -2.31. The molecule has 3 atom stereocenters. The van der Waals surface area contributed by atoms with E-state index >= 15 is 0 Å². The van der Waals surface area contributed by atoms with Gasteiger partial charge in [0.2, 0.25) is 11.2 Å². The number of carbonyl (C=O) groups is 1. The number of nitrogens with two attached hydrogens (primary N) is 1. The van der Waals surface area contributed by atoms with E-state index in [9.17, 15) is 4.79 Å². The van der Waals surface area contributed by atoms with E-state index in [0.29, 0.717) is 49.5 Å². The second kappa shape index (κ2) is 23.6. The number of benzene rings is 1. The molecular weight excluding hydrogens is 685 g/mol. The van der Waals surface area contributed by atoms with Crippen molar-refractivity contribution in [1.29, 1.82) is 0 Å². The van der Waals surface area contributed by atoms with Crippen LogP contribution in [0.1, 0.15) is 77.4 Å². The standard InChI is InChI=1S/C38H51ClN7O4P/c1-2-3-4-5-6-7-8-9-10-11-12-13-14-15-16-17-21-24-33(47)41-27-28-44-51(50-31-22-19-18-20-23-31)48-29-32-25-26-34(49-32)46-37-35(45-38(46)39)36(40)42-30-43-37/h3-4,6-7,9-10,12-13,15-16,18-20,22-23,30,32,34,44H,2,5,8,11,14,17,21,24-29H2,1H3,(H,41,47)(H2,40,42,43)/b4-3-,7-6-,10-9-,13-12-,16-15-. The van der Waals surface area contributed by atoms with E-state index in [-0.39, 0.29) is 29.3 Å². The van der Waals surface area contributed by atoms with Crippen LogP contribution < -0.4 is 20.7 Å². The van der Waals surface area contributed by atoms with Gasteiger partial charge < -0.3 is 24.8 Å². The van der Waals surface area contributed by atoms with E-state index in [1.807, 2.05) is 30.3 Å². The van der Waals surface area contributed by atoms with Gasteiger partial charge in [0, 0.05) is 19.5 Å². The molecule has 2 aromatic heterocycles. The number of nitrogens with one attached hydrogen (secondary N) is 2. The smallest absolute Gasteiger partial charge is 0.318 e. The van der Waals surface area contributed by atoms with Crippen molar-refractivity contribution in [3.8, 4) is 5.75 Å². The maximum absolute atomic E-state index is 12.4. The van der Waals surface area contributed by atoms with Crippen LogP contribution in [-0.4, -0.2) is 51.2 Å². The normalized spacial score (nSPS) is 17.3. The molecule has 0 bridgehead atoms. The molecule has 3 heterocycles. The maximum atomic E-state index is 12.4. The summed E-state index contributed by atoms with van der Waals surface area (Å²) in [7, 11) is -1.50. The van der Waals surface area contributed by atoms with Crippen LogP contribution in [0.3, 0.4) is 0 Å². The predicted octanol–water partition coefficient (Wildman–Crippen LogP) is 8.69. The number of ether oxygens (including phenoxy) is 1. The Morgan fingerprint density at radius 3 is 2.37 bits per heavy atom. The first kappa shape index (κ1) is 39.9. The lowest BCUT2D eigenvalue weighted by atomic mass is 10.2. The Bertz CT molecular complexity index is 1610. The van der Waals surface area contributed by atoms with E-state index in [1.54, 1.807) is 4.57 Å². The minimum atomic E-state index is -1.50. The molecule has 4 N–H and O–H groups in total. The number of allylic oxidation sites excluding steroid dienone is 10. The van der Waals surface area contributed by atoms with Gasteiger partial charge in [-0.15, -0.1) is 0 Å². The number of unbranched alkanes of at least 4 members (excludes halogenated alkanes) is 1. The van der Waals surface area contributed by atoms with Crippen molar-refractivity contribution in [3.05, 3.63) is 103 Å². The predicted molar refractivity (Wildman–Crippen MR) is 207 cm³/mol. The summed E-state index contributed by atoms with van der Waals surface area (Å²) in [5, 5.41) is 6.54. The monoisotopic (exact) mass is 735 g/mol. The van der Waals surface area contributed by atoms with Crippen LogP contribution in [0.2, 0.25) is 5.28 Å². The van der Waals surface area contributed by atoms with E-state index in [2.05, 4.69) is 93.0 Å². The number of nitrogen functional groups attached to an aromatic ring is 1. The first-order valence-electron chi connectivity index (χ1n) is 17.8. The van der Waals surface area contributed by atoms with Gasteiger partial charge in [0.05, 0.1) is 12.7 Å². The summed E-state index contributed by atoms with van der Waals surface area (Å²) in [5.74, 6) is 0.988. The molecule has 274 valence electrons. The molecule has 1 fully saturated rings. The third kappa shape index (κ3) is 14.7. The highest BCUT2D eigenvalue weighted by Crippen LogP contribution is 2.38. The third-order valence-electron chi connectivity index (χ3n) is 7.77. The van der Waals surface area contributed by atoms with Gasteiger partial charge in [-0.25, -0.2) is 20.0 Å². The van der Waals surface area contributed by atoms with Crippen LogP contribution in [0.25, 0.3) is 11.2 Å². The minimum Gasteiger partial charge on any atom is -0.436 e. The highest BCUT2D eigenvalue weighted by molar-refractivity contribution is 7.45. The second-order valence-corrected chi connectivity index (χ2v) is 13.4. The Labute approximate surface area is 308 Å². The molecule has 0 spiro atoms. The molecule has 1 saturated heterocycles. The second-order valence-electron chi connectivity index (χ2n) is 11.8. The number of nitrogens with zero attached hydrogens (tertiary/aromatic N) is 4. The summed E-state index contributed by atoms with van der Waals surface area (Å²) in [4.78, 5) is 25.0. The molecule has 1 aliphatic heterocycles. The van der Waals surface area contributed by atoms with Crippen LogP contribution in [0.5, 0.6) is 5.75 Å². The number of imidazole rings is 1. The van der Waals surface area contributed by atoms with E-state index in [1.165, 1.54) is 6.33 Å². The number of hydrogen-bond acceptors (Lipinski definition) is 9. The van der Waals surface area contributed by atoms with E-state index < -0.39 is 8.53 Å². The van der Waals surface area contributed by atoms with E-state index in [4.69, 9.17) is 31.1 Å². The Kier molecular flexibility index (Phi) is 18.5. The van der Waals surface area contributed by atoms with Gasteiger partial charge in [-0.05, 0) is 81.5 Å². The summed E-state index contributed by atoms with van der Waals surface area (Å²) >= 11 is 6.42. The van der Waals surface area contributed by atoms with Crippen molar-refractivity contribution in [2.24, 2.45) is 0 Å². The fourth-order valence-corrected chi connectivity index (χ4v) is 6.56. The number of rotatable bonds is 23. The number of fused-ring (bicyclic) bond motifs is 1. The summed E-state index contributed by atoms with van der Waals surface area (Å²) in [6.07, 6.45) is 31.3. The molecular formula is C38H51ClN7O4P. The van der Waals surface area contributed by atoms with Gasteiger partial charge in [0.15, 0.2) is 17.0 Å². The number of para-hydroxylation sites is 1. The fourth-order valence-electron chi connectivity index (χ4n) is 5.17. The molecule has 51 heavy (non-hydrogen) atoms. The Balaban J connectivity index is 1.09. The van der Waals surface area contributed by atoms with Crippen LogP contribution in [0.15, 0.2) is 97.4 Å². The third-order valence-corrected chi connectivity index (χ3v) is 9.27. The van der Waals surface area contributed by atoms with Crippen molar-refractivity contribution in [2.45, 2.75) is 83.5 Å². The summed E-state index contributed by atoms with van der Waals surface area (Å²) in [6.45, 7) is 3.41. The molecule has 0 radical (unpaired) electrons. The zero-order valence-electron chi connectivity index (χ0n) is 29.4. The molecule has 11 nitrogen and oxygen atoms in total. The van der Waals surface area contributed by atoms with Gasteiger partial charge >= 0.3 is 8.53 Å². The SMILES string of the molecule is CC/C=C\C/C=C\C/C=C\C/C=C\C/C=C\CCCC(=O)NCCNP(OCC1CCC(n2c(Cl)nc3c(N)ncnc32)O1)Oc1ccccc1. The number of anilines is 1. The van der Waals surface area contributed by atoms with Crippen molar-refractivity contribution < 1.29 is 18.6 Å². The number of amides is 1. The van der Waals surface area contributed by atoms with Crippen molar-refractivity contribution >= 4 is 43.0 Å². The Morgan fingerprint density at radius 1 is 0.980 bits per heavy atom. The average Bonchev–Trinajstić information content (AvgIpc) is 3.74. The van der Waals surface area contributed by atoms with Crippen LogP contribution >= 0.6 is 20.1 Å². The number of halogens is 1. The molecule has 1 amide bonds. The summed E-state index contributed by atoms with van der Waals surface area (Å²) in [6, 6.07) is 9.49. The number of hydrogen-bond donors (Lipinski definition) is 3. The summed E-state index contributed by atoms with van der Waals surface area (Å²) in [5.41, 5.74) is 6.94. The average molecular weight is 736 g/mol. The largest absolute Gasteiger partial charge is 0.436 e. The number of aromatic nitrogens is 4. The zero-order valence-corrected chi connectivity index (χ0v) is 31.1. The highest BCUT2D eigenvalue weighted by Gasteiger charge is 2.31. The molecule has 0 aliphatic carbocycles. The zero-order chi connectivity index (χ0) is 35.9. The number of carbonyl (C=O) groups excluding carboxylic acids is 1. The Morgan fingerprint density at radius 2 is 1.67 bits per heavy atom. The van der Waals surface area contributed by atoms with Gasteiger partial charge in [-0.1, -0.05) is 85.9 Å². The first-order chi connectivity index (χ1) is 25.0. The van der Waals surface area contributed by atoms with Crippen molar-refractivity contribution in [1.82, 2.24) is 29.9 Å². The van der Waals surface area contributed by atoms with Crippen LogP contribution in [0, 0.1) is 0 Å². The lowest BCUT2D eigenvalue weighted by molar-refractivity contribution is -0.121. The molecule has 1 aromatic carbocycles. The lowest BCUT2D eigenvalue weighted by Gasteiger charge is -2.21. The van der Waals surface area contributed by atoms with Gasteiger partial charge in [0.25, 0.3) is 0 Å². The van der Waals surface area contributed by atoms with Crippen LogP contribution in [0.4, 0.5) is 5.82 Å². The Hall–Kier alpha value is -3.86. The quantitative estimate of drug-likeness (QED) is 0.0378. The molecule has 3 unspecified atom stereocenters. The topological polar surface area (TPSA) is 138 Å². The summed E-state index contributed by atoms with van der Waals surface area (Å²) < 4.78 is 20.3. The molecule has 0 saturated carbocycles. The molecule has 3 aromatic rings. The minimum absolute atomic E-state index is 0.0292. The van der Waals surface area contributed by atoms with Gasteiger partial charge in [-0.2, -0.15) is 0 Å². The molecule has 4 rings (SSSR count). The van der Waals surface area contributed by atoms with Crippen LogP contribution in [-0.2, 0) is 14.1 Å². The molecule has 13 heteroatoms. The fraction of sp³-hybridized carbons (Fsp3) is 0.421. The van der Waals surface area contributed by atoms with E-state index in [0.717, 1.165) is 51.4 Å². The van der Waals surface area contributed by atoms with Crippen molar-refractivity contribution in [3.63, 3.8) is 0 Å².